The maximum absolute atomic E-state index is 12.4. The smallest absolute Gasteiger partial charge is 0.223 e. The second-order valence-corrected chi connectivity index (χ2v) is 7.98. The highest BCUT2D eigenvalue weighted by atomic mass is 16.5. The molecule has 0 saturated carbocycles. The Morgan fingerprint density at radius 2 is 1.86 bits per heavy atom. The Hall–Kier alpha value is -2.37. The maximum Gasteiger partial charge on any atom is 0.223 e. The van der Waals surface area contributed by atoms with E-state index in [2.05, 4.69) is 54.3 Å². The van der Waals surface area contributed by atoms with Gasteiger partial charge in [0.15, 0.2) is 0 Å². The monoisotopic (exact) mass is 394 g/mol. The molecule has 2 aromatic carbocycles. The van der Waals surface area contributed by atoms with Gasteiger partial charge < -0.3 is 14.4 Å². The van der Waals surface area contributed by atoms with E-state index in [1.807, 2.05) is 4.90 Å². The molecule has 29 heavy (non-hydrogen) atoms. The van der Waals surface area contributed by atoms with Gasteiger partial charge in [0.1, 0.15) is 12.4 Å². The van der Waals surface area contributed by atoms with E-state index in [-0.39, 0.29) is 5.91 Å². The molecule has 4 rings (SSSR count). The summed E-state index contributed by atoms with van der Waals surface area (Å²) < 4.78 is 11.3. The molecule has 1 saturated heterocycles. The lowest BCUT2D eigenvalue weighted by Crippen LogP contribution is -2.40. The van der Waals surface area contributed by atoms with Crippen LogP contribution < -0.4 is 4.74 Å². The van der Waals surface area contributed by atoms with Crippen LogP contribution in [-0.2, 0) is 29.0 Å². The number of aryl methyl sites for hydroxylation is 2. The first-order valence-corrected chi connectivity index (χ1v) is 10.6. The summed E-state index contributed by atoms with van der Waals surface area (Å²) in [4.78, 5) is 16.8. The lowest BCUT2D eigenvalue weighted by atomic mass is 10.0. The highest BCUT2D eigenvalue weighted by Gasteiger charge is 2.18. The lowest BCUT2D eigenvalue weighted by Gasteiger charge is -2.26. The standard InChI is InChI=1S/C24H30N2O3/c1-19-3-2-4-21(15-19)17-25-9-14-29-23-7-5-20(16-22(23)18-25)6-8-24(27)26-10-12-28-13-11-26/h2-5,7,15-16H,6,8-14,17-18H2,1H3. The Balaban J connectivity index is 1.39. The molecule has 1 fully saturated rings. The molecule has 0 spiro atoms. The first-order chi connectivity index (χ1) is 14.2. The van der Waals surface area contributed by atoms with Crippen molar-refractivity contribution in [3.8, 4) is 5.75 Å². The molecular weight excluding hydrogens is 364 g/mol. The molecule has 2 aromatic rings. The van der Waals surface area contributed by atoms with Gasteiger partial charge in [-0.1, -0.05) is 42.0 Å². The molecule has 1 amide bonds. The van der Waals surface area contributed by atoms with E-state index < -0.39 is 0 Å². The number of hydrogen-bond donors (Lipinski definition) is 0. The van der Waals surface area contributed by atoms with E-state index in [0.717, 1.165) is 31.8 Å². The van der Waals surface area contributed by atoms with Crippen LogP contribution in [0.4, 0.5) is 0 Å². The van der Waals surface area contributed by atoms with Crippen molar-refractivity contribution in [2.75, 3.05) is 39.5 Å². The lowest BCUT2D eigenvalue weighted by molar-refractivity contribution is -0.135. The van der Waals surface area contributed by atoms with Crippen LogP contribution in [0.1, 0.15) is 28.7 Å². The van der Waals surface area contributed by atoms with Crippen molar-refractivity contribution in [3.63, 3.8) is 0 Å². The molecule has 0 aliphatic carbocycles. The van der Waals surface area contributed by atoms with Crippen LogP contribution in [-0.4, -0.2) is 55.2 Å². The van der Waals surface area contributed by atoms with E-state index in [1.165, 1.54) is 22.3 Å². The number of ether oxygens (including phenoxy) is 2. The minimum atomic E-state index is 0.223. The minimum absolute atomic E-state index is 0.223. The molecular formula is C24H30N2O3. The predicted octanol–water partition coefficient (Wildman–Crippen LogP) is 3.18. The molecule has 0 atom stereocenters. The summed E-state index contributed by atoms with van der Waals surface area (Å²) in [5.41, 5.74) is 5.04. The Morgan fingerprint density at radius 3 is 2.69 bits per heavy atom. The fraction of sp³-hybridized carbons (Fsp3) is 0.458. The van der Waals surface area contributed by atoms with Crippen LogP contribution >= 0.6 is 0 Å². The average Bonchev–Trinajstić information content (AvgIpc) is 2.94. The van der Waals surface area contributed by atoms with Crippen molar-refractivity contribution in [3.05, 3.63) is 64.7 Å². The molecule has 0 aromatic heterocycles. The Morgan fingerprint density at radius 1 is 1.00 bits per heavy atom. The van der Waals surface area contributed by atoms with Crippen LogP contribution in [0.15, 0.2) is 42.5 Å². The van der Waals surface area contributed by atoms with E-state index in [4.69, 9.17) is 9.47 Å². The first-order valence-electron chi connectivity index (χ1n) is 10.6. The van der Waals surface area contributed by atoms with Gasteiger partial charge in [0.2, 0.25) is 5.91 Å². The highest BCUT2D eigenvalue weighted by molar-refractivity contribution is 5.76. The van der Waals surface area contributed by atoms with E-state index in [9.17, 15) is 4.79 Å². The summed E-state index contributed by atoms with van der Waals surface area (Å²) in [6, 6.07) is 15.1. The van der Waals surface area contributed by atoms with Crippen LogP contribution in [0, 0.1) is 6.92 Å². The first kappa shape index (κ1) is 19.9. The number of hydrogen-bond acceptors (Lipinski definition) is 4. The van der Waals surface area contributed by atoms with Gasteiger partial charge in [0.05, 0.1) is 13.2 Å². The fourth-order valence-electron chi connectivity index (χ4n) is 4.08. The van der Waals surface area contributed by atoms with Gasteiger partial charge in [-0.15, -0.1) is 0 Å². The molecule has 0 N–H and O–H groups in total. The third-order valence-electron chi connectivity index (χ3n) is 5.66. The van der Waals surface area contributed by atoms with Crippen molar-refractivity contribution < 1.29 is 14.3 Å². The van der Waals surface area contributed by atoms with Crippen LogP contribution in [0.3, 0.4) is 0 Å². The fourth-order valence-corrected chi connectivity index (χ4v) is 4.08. The van der Waals surface area contributed by atoms with Crippen molar-refractivity contribution in [2.24, 2.45) is 0 Å². The number of morpholine rings is 1. The second kappa shape index (κ2) is 9.42. The van der Waals surface area contributed by atoms with Gasteiger partial charge in [0.25, 0.3) is 0 Å². The summed E-state index contributed by atoms with van der Waals surface area (Å²) in [5.74, 6) is 1.19. The van der Waals surface area contributed by atoms with Gasteiger partial charge in [-0.05, 0) is 30.5 Å². The van der Waals surface area contributed by atoms with Gasteiger partial charge in [0, 0.05) is 44.7 Å². The molecule has 0 bridgehead atoms. The summed E-state index contributed by atoms with van der Waals surface area (Å²) in [6.07, 6.45) is 1.31. The molecule has 5 nitrogen and oxygen atoms in total. The van der Waals surface area contributed by atoms with Gasteiger partial charge in [-0.2, -0.15) is 0 Å². The number of carbonyl (C=O) groups is 1. The number of carbonyl (C=O) groups excluding carboxylic acids is 1. The number of fused-ring (bicyclic) bond motifs is 1. The minimum Gasteiger partial charge on any atom is -0.492 e. The molecule has 0 unspecified atom stereocenters. The second-order valence-electron chi connectivity index (χ2n) is 7.98. The van der Waals surface area contributed by atoms with E-state index in [1.54, 1.807) is 0 Å². The van der Waals surface area contributed by atoms with Crippen LogP contribution in [0.2, 0.25) is 0 Å². The SMILES string of the molecule is Cc1cccc(CN2CCOc3ccc(CCC(=O)N4CCOCC4)cc3C2)c1. The zero-order valence-corrected chi connectivity index (χ0v) is 17.2. The molecule has 0 radical (unpaired) electrons. The number of benzene rings is 2. The summed E-state index contributed by atoms with van der Waals surface area (Å²) >= 11 is 0. The van der Waals surface area contributed by atoms with Crippen LogP contribution in [0.25, 0.3) is 0 Å². The summed E-state index contributed by atoms with van der Waals surface area (Å²) in [5, 5.41) is 0. The zero-order valence-electron chi connectivity index (χ0n) is 17.2. The average molecular weight is 395 g/mol. The Bertz CT molecular complexity index is 846. The van der Waals surface area contributed by atoms with Crippen molar-refractivity contribution in [1.82, 2.24) is 9.80 Å². The normalized spacial score (nSPS) is 17.3. The molecule has 2 aliphatic rings. The molecule has 2 aliphatic heterocycles. The predicted molar refractivity (Wildman–Crippen MR) is 113 cm³/mol. The highest BCUT2D eigenvalue weighted by Crippen LogP contribution is 2.26. The third kappa shape index (κ3) is 5.37. The maximum atomic E-state index is 12.4. The third-order valence-corrected chi connectivity index (χ3v) is 5.66. The molecule has 2 heterocycles. The molecule has 154 valence electrons. The number of rotatable bonds is 5. The van der Waals surface area contributed by atoms with Gasteiger partial charge in [-0.3, -0.25) is 9.69 Å². The summed E-state index contributed by atoms with van der Waals surface area (Å²) in [6.45, 7) is 8.27. The zero-order chi connectivity index (χ0) is 20.1. The largest absolute Gasteiger partial charge is 0.492 e. The van der Waals surface area contributed by atoms with Crippen molar-refractivity contribution in [2.45, 2.75) is 32.9 Å². The van der Waals surface area contributed by atoms with Gasteiger partial charge in [-0.25, -0.2) is 0 Å². The van der Waals surface area contributed by atoms with E-state index in [0.29, 0.717) is 39.3 Å². The number of nitrogens with zero attached hydrogens (tertiary/aromatic N) is 2. The van der Waals surface area contributed by atoms with Crippen molar-refractivity contribution >= 4 is 5.91 Å². The van der Waals surface area contributed by atoms with Crippen LogP contribution in [0.5, 0.6) is 5.75 Å². The summed E-state index contributed by atoms with van der Waals surface area (Å²) in [7, 11) is 0. The molecule has 5 heteroatoms. The topological polar surface area (TPSA) is 42.0 Å². The van der Waals surface area contributed by atoms with E-state index >= 15 is 0 Å². The Labute approximate surface area is 173 Å². The van der Waals surface area contributed by atoms with Gasteiger partial charge >= 0.3 is 0 Å². The van der Waals surface area contributed by atoms with Crippen molar-refractivity contribution in [1.29, 1.82) is 0 Å². The number of amides is 1. The quantitative estimate of drug-likeness (QED) is 0.781. The Kier molecular flexibility index (Phi) is 6.47.